The van der Waals surface area contributed by atoms with Gasteiger partial charge in [0.2, 0.25) is 10.0 Å². The van der Waals surface area contributed by atoms with E-state index >= 15 is 0 Å². The van der Waals surface area contributed by atoms with Crippen LogP contribution in [0.2, 0.25) is 0 Å². The Bertz CT molecular complexity index is 1060. The van der Waals surface area contributed by atoms with E-state index in [1.165, 1.54) is 41.9 Å². The highest BCUT2D eigenvalue weighted by Gasteiger charge is 2.34. The first kappa shape index (κ1) is 22.7. The van der Waals surface area contributed by atoms with Crippen molar-refractivity contribution >= 4 is 27.7 Å². The number of aromatic nitrogens is 1. The van der Waals surface area contributed by atoms with Crippen LogP contribution in [0.5, 0.6) is 5.75 Å². The maximum Gasteiger partial charge on any atom is 0.310 e. The maximum absolute atomic E-state index is 13.2. The largest absolute Gasteiger partial charge is 0.493 e. The zero-order chi connectivity index (χ0) is 22.4. The van der Waals surface area contributed by atoms with Crippen molar-refractivity contribution < 1.29 is 27.5 Å². The van der Waals surface area contributed by atoms with E-state index in [2.05, 4.69) is 10.3 Å². The van der Waals surface area contributed by atoms with Gasteiger partial charge in [-0.1, -0.05) is 6.07 Å². The normalized spacial score (nSPS) is 17.0. The van der Waals surface area contributed by atoms with Crippen LogP contribution in [-0.4, -0.2) is 56.4 Å². The van der Waals surface area contributed by atoms with E-state index in [0.717, 1.165) is 0 Å². The van der Waals surface area contributed by atoms with Gasteiger partial charge in [0.1, 0.15) is 0 Å². The van der Waals surface area contributed by atoms with Gasteiger partial charge in [0.05, 0.1) is 24.5 Å². The first-order valence-corrected chi connectivity index (χ1v) is 11.4. The average Bonchev–Trinajstić information content (AvgIpc) is 2.79. The molecule has 0 saturated carbocycles. The molecule has 1 N–H and O–H groups in total. The fraction of sp³-hybridized carbons (Fsp3) is 0.381. The number of nitrogens with zero attached hydrogens (tertiary/aromatic N) is 2. The summed E-state index contributed by atoms with van der Waals surface area (Å²) in [5, 5.41) is 2.63. The molecule has 0 radical (unpaired) electrons. The summed E-state index contributed by atoms with van der Waals surface area (Å²) in [6.07, 6.45) is 2.65. The molecular formula is C21H25N3O6S. The number of carbonyl (C=O) groups excluding carboxylic acids is 2. The lowest BCUT2D eigenvalue weighted by atomic mass is 10.0. The second-order valence-corrected chi connectivity index (χ2v) is 8.93. The van der Waals surface area contributed by atoms with Crippen molar-refractivity contribution in [3.05, 3.63) is 48.2 Å². The lowest BCUT2D eigenvalue weighted by molar-refractivity contribution is -0.149. The Morgan fingerprint density at radius 1 is 1.26 bits per heavy atom. The van der Waals surface area contributed by atoms with Crippen molar-refractivity contribution in [1.82, 2.24) is 9.29 Å². The van der Waals surface area contributed by atoms with Crippen LogP contribution in [-0.2, 0) is 19.6 Å². The first-order chi connectivity index (χ1) is 14.9. The molecule has 9 nitrogen and oxygen atoms in total. The van der Waals surface area contributed by atoms with Crippen molar-refractivity contribution in [2.45, 2.75) is 24.7 Å². The summed E-state index contributed by atoms with van der Waals surface area (Å²) in [5.74, 6) is -0.780. The van der Waals surface area contributed by atoms with Crippen molar-refractivity contribution in [2.75, 3.05) is 32.1 Å². The van der Waals surface area contributed by atoms with Crippen LogP contribution in [0.3, 0.4) is 0 Å². The summed E-state index contributed by atoms with van der Waals surface area (Å²) >= 11 is 0. The van der Waals surface area contributed by atoms with Crippen LogP contribution >= 0.6 is 0 Å². The Hall–Kier alpha value is -2.98. The zero-order valence-electron chi connectivity index (χ0n) is 17.4. The van der Waals surface area contributed by atoms with Crippen molar-refractivity contribution in [3.8, 4) is 5.75 Å². The van der Waals surface area contributed by atoms with Crippen LogP contribution in [0.4, 0.5) is 5.82 Å². The van der Waals surface area contributed by atoms with Gasteiger partial charge in [-0.25, -0.2) is 13.4 Å². The van der Waals surface area contributed by atoms with E-state index in [9.17, 15) is 18.0 Å². The summed E-state index contributed by atoms with van der Waals surface area (Å²) in [6, 6.07) is 9.09. The minimum absolute atomic E-state index is 0.0161. The molecule has 1 aromatic carbocycles. The molecule has 0 spiro atoms. The third kappa shape index (κ3) is 5.20. The molecule has 1 saturated heterocycles. The van der Waals surface area contributed by atoms with Gasteiger partial charge in [-0.2, -0.15) is 4.31 Å². The fourth-order valence-corrected chi connectivity index (χ4v) is 4.96. The Morgan fingerprint density at radius 2 is 2.06 bits per heavy atom. The molecule has 10 heteroatoms. The number of amides is 1. The molecule has 1 aromatic heterocycles. The number of hydrogen-bond donors (Lipinski definition) is 1. The van der Waals surface area contributed by atoms with Gasteiger partial charge in [0.15, 0.2) is 11.6 Å². The van der Waals surface area contributed by atoms with E-state index < -0.39 is 21.8 Å². The minimum Gasteiger partial charge on any atom is -0.493 e. The molecule has 1 atom stereocenters. The number of pyridine rings is 1. The van der Waals surface area contributed by atoms with Gasteiger partial charge >= 0.3 is 5.97 Å². The molecule has 1 unspecified atom stereocenters. The Labute approximate surface area is 181 Å². The van der Waals surface area contributed by atoms with Crippen molar-refractivity contribution in [2.24, 2.45) is 5.92 Å². The molecule has 1 amide bonds. The van der Waals surface area contributed by atoms with Crippen LogP contribution in [0.25, 0.3) is 0 Å². The highest BCUT2D eigenvalue weighted by atomic mass is 32.2. The number of sulfonamides is 1. The summed E-state index contributed by atoms with van der Waals surface area (Å²) in [5.41, 5.74) is 0.160. The molecule has 2 aromatic rings. The molecule has 31 heavy (non-hydrogen) atoms. The third-order valence-corrected chi connectivity index (χ3v) is 6.82. The Kier molecular flexibility index (Phi) is 7.24. The number of carbonyl (C=O) groups is 2. The molecule has 1 fully saturated rings. The summed E-state index contributed by atoms with van der Waals surface area (Å²) < 4.78 is 37.8. The molecule has 166 valence electrons. The van der Waals surface area contributed by atoms with Crippen LogP contribution in [0.15, 0.2) is 47.5 Å². The molecule has 1 aliphatic heterocycles. The van der Waals surface area contributed by atoms with E-state index in [1.807, 2.05) is 0 Å². The van der Waals surface area contributed by atoms with Crippen molar-refractivity contribution in [3.63, 3.8) is 0 Å². The second-order valence-electron chi connectivity index (χ2n) is 6.99. The number of rotatable bonds is 7. The first-order valence-electron chi connectivity index (χ1n) is 9.94. The van der Waals surface area contributed by atoms with E-state index in [1.54, 1.807) is 19.1 Å². The second kappa shape index (κ2) is 9.88. The zero-order valence-corrected chi connectivity index (χ0v) is 18.2. The minimum atomic E-state index is -3.88. The number of benzene rings is 1. The Balaban J connectivity index is 1.79. The molecule has 0 bridgehead atoms. The Morgan fingerprint density at radius 3 is 2.81 bits per heavy atom. The summed E-state index contributed by atoms with van der Waals surface area (Å²) in [6.45, 7) is 2.33. The van der Waals surface area contributed by atoms with Crippen molar-refractivity contribution in [1.29, 1.82) is 0 Å². The predicted molar refractivity (Wildman–Crippen MR) is 113 cm³/mol. The van der Waals surface area contributed by atoms with Gasteiger partial charge in [-0.3, -0.25) is 9.59 Å². The SMILES string of the molecule is CCOC(=O)C1CCCN(S(=O)(=O)c2cccc(C(=O)Nc3ncccc3OC)c2)C1. The molecule has 0 aliphatic carbocycles. The topological polar surface area (TPSA) is 115 Å². The highest BCUT2D eigenvalue weighted by molar-refractivity contribution is 7.89. The van der Waals surface area contributed by atoms with Gasteiger partial charge in [0.25, 0.3) is 5.91 Å². The van der Waals surface area contributed by atoms with Crippen LogP contribution < -0.4 is 10.1 Å². The monoisotopic (exact) mass is 447 g/mol. The number of anilines is 1. The molecule has 3 rings (SSSR count). The highest BCUT2D eigenvalue weighted by Crippen LogP contribution is 2.26. The molecule has 1 aliphatic rings. The van der Waals surface area contributed by atoms with E-state index in [0.29, 0.717) is 25.1 Å². The third-order valence-electron chi connectivity index (χ3n) is 4.96. The predicted octanol–water partition coefficient (Wildman–Crippen LogP) is 2.31. The number of nitrogens with one attached hydrogen (secondary N) is 1. The number of methoxy groups -OCH3 is 1. The van der Waals surface area contributed by atoms with Gasteiger partial charge < -0.3 is 14.8 Å². The maximum atomic E-state index is 13.2. The summed E-state index contributed by atoms with van der Waals surface area (Å²) in [7, 11) is -2.42. The van der Waals surface area contributed by atoms with Crippen LogP contribution in [0, 0.1) is 5.92 Å². The standard InChI is InChI=1S/C21H25N3O6S/c1-3-30-21(26)16-8-6-12-24(14-16)31(27,28)17-9-4-7-15(13-17)20(25)23-19-18(29-2)10-5-11-22-19/h4-5,7,9-11,13,16H,3,6,8,12,14H2,1-2H3,(H,22,23,25). The number of ether oxygens (including phenoxy) is 2. The summed E-state index contributed by atoms with van der Waals surface area (Å²) in [4.78, 5) is 28.8. The number of piperidine rings is 1. The van der Waals surface area contributed by atoms with Gasteiger partial charge in [0, 0.05) is 24.8 Å². The number of hydrogen-bond acceptors (Lipinski definition) is 7. The fourth-order valence-electron chi connectivity index (χ4n) is 3.39. The van der Waals surface area contributed by atoms with E-state index in [4.69, 9.17) is 9.47 Å². The molecular weight excluding hydrogens is 422 g/mol. The number of esters is 1. The van der Waals surface area contributed by atoms with Gasteiger partial charge in [-0.05, 0) is 50.1 Å². The van der Waals surface area contributed by atoms with Gasteiger partial charge in [-0.15, -0.1) is 0 Å². The van der Waals surface area contributed by atoms with E-state index in [-0.39, 0.29) is 35.4 Å². The quantitative estimate of drug-likeness (QED) is 0.648. The lowest BCUT2D eigenvalue weighted by Gasteiger charge is -2.30. The molecule has 2 heterocycles. The lowest BCUT2D eigenvalue weighted by Crippen LogP contribution is -2.42. The average molecular weight is 448 g/mol. The smallest absolute Gasteiger partial charge is 0.310 e. The van der Waals surface area contributed by atoms with Crippen LogP contribution in [0.1, 0.15) is 30.1 Å².